The van der Waals surface area contributed by atoms with Crippen molar-refractivity contribution in [2.75, 3.05) is 0 Å². The van der Waals surface area contributed by atoms with Gasteiger partial charge in [0.15, 0.2) is 0 Å². The minimum Gasteiger partial charge on any atom is -0.463 e. The monoisotopic (exact) mass is 320 g/mol. The Bertz CT molecular complexity index is 475. The van der Waals surface area contributed by atoms with E-state index >= 15 is 0 Å². The number of benzene rings is 1. The number of hydrogen-bond donors (Lipinski definition) is 0. The Hall–Kier alpha value is -2.10. The molecule has 0 aliphatic heterocycles. The molecule has 0 aliphatic carbocycles. The largest absolute Gasteiger partial charge is 0.463 e. The van der Waals surface area contributed by atoms with Crippen LogP contribution in [0.5, 0.6) is 0 Å². The first-order valence-electron chi connectivity index (χ1n) is 7.98. The first kappa shape index (κ1) is 20.9. The molecule has 4 nitrogen and oxygen atoms in total. The molecular weight excluding hydrogens is 292 g/mol. The Morgan fingerprint density at radius 3 is 2.04 bits per heavy atom. The van der Waals surface area contributed by atoms with E-state index in [1.807, 2.05) is 65.0 Å². The highest BCUT2D eigenvalue weighted by atomic mass is 16.5. The van der Waals surface area contributed by atoms with Gasteiger partial charge in [-0.1, -0.05) is 37.3 Å². The summed E-state index contributed by atoms with van der Waals surface area (Å²) in [6, 6.07) is 9.64. The van der Waals surface area contributed by atoms with Crippen LogP contribution in [0.3, 0.4) is 0 Å². The van der Waals surface area contributed by atoms with Crippen molar-refractivity contribution in [3.05, 3.63) is 42.0 Å². The van der Waals surface area contributed by atoms with Gasteiger partial charge < -0.3 is 9.47 Å². The summed E-state index contributed by atoms with van der Waals surface area (Å²) in [7, 11) is 0. The fourth-order valence-electron chi connectivity index (χ4n) is 1.53. The number of carbonyl (C=O) groups is 2. The SMILES string of the molecule is CC(C)OC(=O)/C=C/c1ccccc1.CCCC(=O)OC(C)C. The summed E-state index contributed by atoms with van der Waals surface area (Å²) >= 11 is 0. The van der Waals surface area contributed by atoms with Crippen LogP contribution >= 0.6 is 0 Å². The zero-order valence-corrected chi connectivity index (χ0v) is 14.7. The average Bonchev–Trinajstić information content (AvgIpc) is 2.45. The third-order valence-electron chi connectivity index (χ3n) is 2.38. The second kappa shape index (κ2) is 12.4. The second-order valence-corrected chi connectivity index (χ2v) is 5.52. The van der Waals surface area contributed by atoms with Gasteiger partial charge in [0, 0.05) is 12.5 Å². The fourth-order valence-corrected chi connectivity index (χ4v) is 1.53. The number of carbonyl (C=O) groups excluding carboxylic acids is 2. The third-order valence-corrected chi connectivity index (χ3v) is 2.38. The summed E-state index contributed by atoms with van der Waals surface area (Å²) in [6.45, 7) is 9.32. The molecule has 0 bridgehead atoms. The molecule has 0 amide bonds. The fraction of sp³-hybridized carbons (Fsp3) is 0.474. The highest BCUT2D eigenvalue weighted by Gasteiger charge is 2.01. The van der Waals surface area contributed by atoms with Crippen molar-refractivity contribution in [3.8, 4) is 0 Å². The molecule has 0 atom stereocenters. The Labute approximate surface area is 139 Å². The third kappa shape index (κ3) is 13.3. The first-order valence-corrected chi connectivity index (χ1v) is 7.98. The van der Waals surface area contributed by atoms with Crippen LogP contribution in [-0.4, -0.2) is 24.1 Å². The van der Waals surface area contributed by atoms with E-state index in [0.29, 0.717) is 6.42 Å². The zero-order chi connectivity index (χ0) is 17.7. The lowest BCUT2D eigenvalue weighted by molar-refractivity contribution is -0.147. The van der Waals surface area contributed by atoms with Crippen LogP contribution in [0, 0.1) is 0 Å². The molecule has 0 saturated heterocycles. The van der Waals surface area contributed by atoms with Crippen LogP contribution in [-0.2, 0) is 19.1 Å². The Kier molecular flexibility index (Phi) is 11.3. The highest BCUT2D eigenvalue weighted by molar-refractivity contribution is 5.87. The van der Waals surface area contributed by atoms with Gasteiger partial charge in [-0.05, 0) is 45.8 Å². The predicted molar refractivity (Wildman–Crippen MR) is 92.8 cm³/mol. The molecule has 0 fully saturated rings. The van der Waals surface area contributed by atoms with Gasteiger partial charge >= 0.3 is 11.9 Å². The molecule has 0 unspecified atom stereocenters. The molecule has 0 spiro atoms. The summed E-state index contributed by atoms with van der Waals surface area (Å²) in [6.07, 6.45) is 4.55. The van der Waals surface area contributed by atoms with Crippen LogP contribution in [0.15, 0.2) is 36.4 Å². The lowest BCUT2D eigenvalue weighted by Gasteiger charge is -2.05. The van der Waals surface area contributed by atoms with Crippen LogP contribution in [0.2, 0.25) is 0 Å². The Morgan fingerprint density at radius 1 is 1.00 bits per heavy atom. The van der Waals surface area contributed by atoms with Crippen LogP contribution < -0.4 is 0 Å². The molecule has 0 aromatic heterocycles. The van der Waals surface area contributed by atoms with Gasteiger partial charge in [0.1, 0.15) is 0 Å². The van der Waals surface area contributed by atoms with Gasteiger partial charge in [-0.3, -0.25) is 4.79 Å². The molecule has 23 heavy (non-hydrogen) atoms. The number of ether oxygens (including phenoxy) is 2. The summed E-state index contributed by atoms with van der Waals surface area (Å²) in [4.78, 5) is 21.7. The van der Waals surface area contributed by atoms with Crippen molar-refractivity contribution >= 4 is 18.0 Å². The van der Waals surface area contributed by atoms with Crippen LogP contribution in [0.4, 0.5) is 0 Å². The van der Waals surface area contributed by atoms with Gasteiger partial charge in [0.25, 0.3) is 0 Å². The summed E-state index contributed by atoms with van der Waals surface area (Å²) < 4.78 is 9.80. The van der Waals surface area contributed by atoms with E-state index in [1.165, 1.54) is 6.08 Å². The van der Waals surface area contributed by atoms with E-state index in [2.05, 4.69) is 0 Å². The van der Waals surface area contributed by atoms with Crippen LogP contribution in [0.25, 0.3) is 6.08 Å². The van der Waals surface area contributed by atoms with Gasteiger partial charge in [0.2, 0.25) is 0 Å². The highest BCUT2D eigenvalue weighted by Crippen LogP contribution is 2.01. The van der Waals surface area contributed by atoms with Crippen molar-refractivity contribution in [1.82, 2.24) is 0 Å². The predicted octanol–water partition coefficient (Wildman–Crippen LogP) is 4.39. The topological polar surface area (TPSA) is 52.6 Å². The summed E-state index contributed by atoms with van der Waals surface area (Å²) in [5, 5.41) is 0. The quantitative estimate of drug-likeness (QED) is 0.576. The molecule has 1 rings (SSSR count). The molecule has 1 aromatic carbocycles. The minimum atomic E-state index is -0.302. The van der Waals surface area contributed by atoms with E-state index < -0.39 is 0 Å². The van der Waals surface area contributed by atoms with E-state index in [0.717, 1.165) is 12.0 Å². The van der Waals surface area contributed by atoms with Gasteiger partial charge in [-0.2, -0.15) is 0 Å². The van der Waals surface area contributed by atoms with Gasteiger partial charge in [0.05, 0.1) is 12.2 Å². The normalized spacial score (nSPS) is 10.4. The molecule has 128 valence electrons. The first-order chi connectivity index (χ1) is 10.8. The van der Waals surface area contributed by atoms with Gasteiger partial charge in [-0.15, -0.1) is 0 Å². The lowest BCUT2D eigenvalue weighted by Crippen LogP contribution is -2.10. The zero-order valence-electron chi connectivity index (χ0n) is 14.7. The number of esters is 2. The Morgan fingerprint density at radius 2 is 1.57 bits per heavy atom. The molecule has 4 heteroatoms. The van der Waals surface area contributed by atoms with E-state index in [4.69, 9.17) is 9.47 Å². The Balaban J connectivity index is 0.000000468. The minimum absolute atomic E-state index is 0.0315. The number of rotatable bonds is 6. The molecule has 0 heterocycles. The summed E-state index contributed by atoms with van der Waals surface area (Å²) in [5.74, 6) is -0.392. The molecular formula is C19H28O4. The van der Waals surface area contributed by atoms with Crippen molar-refractivity contribution in [2.24, 2.45) is 0 Å². The van der Waals surface area contributed by atoms with Crippen molar-refractivity contribution in [1.29, 1.82) is 0 Å². The lowest BCUT2D eigenvalue weighted by atomic mass is 10.2. The summed E-state index contributed by atoms with van der Waals surface area (Å²) in [5.41, 5.74) is 0.994. The van der Waals surface area contributed by atoms with Crippen molar-refractivity contribution in [2.45, 2.75) is 59.7 Å². The average molecular weight is 320 g/mol. The van der Waals surface area contributed by atoms with E-state index in [-0.39, 0.29) is 24.1 Å². The van der Waals surface area contributed by atoms with Crippen molar-refractivity contribution in [3.63, 3.8) is 0 Å². The molecule has 0 aliphatic rings. The molecule has 0 radical (unpaired) electrons. The van der Waals surface area contributed by atoms with E-state index in [1.54, 1.807) is 6.08 Å². The van der Waals surface area contributed by atoms with E-state index in [9.17, 15) is 9.59 Å². The molecule has 1 aromatic rings. The maximum absolute atomic E-state index is 11.1. The maximum atomic E-state index is 11.1. The van der Waals surface area contributed by atoms with Crippen LogP contribution in [0.1, 0.15) is 53.0 Å². The van der Waals surface area contributed by atoms with Crippen molar-refractivity contribution < 1.29 is 19.1 Å². The maximum Gasteiger partial charge on any atom is 0.331 e. The van der Waals surface area contributed by atoms with Gasteiger partial charge in [-0.25, -0.2) is 4.79 Å². The second-order valence-electron chi connectivity index (χ2n) is 5.52. The standard InChI is InChI=1S/C12H14O2.C7H14O2/c1-10(2)14-12(13)9-8-11-6-4-3-5-7-11;1-4-5-7(8)9-6(2)3/h3-10H,1-2H3;6H,4-5H2,1-3H3/b9-8+;. The smallest absolute Gasteiger partial charge is 0.331 e. The number of hydrogen-bond acceptors (Lipinski definition) is 4. The molecule has 0 saturated carbocycles. The molecule has 0 N–H and O–H groups in total.